The van der Waals surface area contributed by atoms with Crippen LogP contribution in [0.2, 0.25) is 5.15 Å². The zero-order chi connectivity index (χ0) is 14.5. The number of ether oxygens (including phenoxy) is 1. The van der Waals surface area contributed by atoms with Crippen molar-refractivity contribution >= 4 is 40.5 Å². The van der Waals surface area contributed by atoms with Crippen LogP contribution in [-0.4, -0.2) is 23.0 Å². The SMILES string of the molecule is C[C@H](OC(=O)c1ccsc1)C(=O)Nc1cccnc1Cl. The zero-order valence-corrected chi connectivity index (χ0v) is 12.1. The highest BCUT2D eigenvalue weighted by atomic mass is 35.5. The molecule has 20 heavy (non-hydrogen) atoms. The van der Waals surface area contributed by atoms with Crippen molar-refractivity contribution in [2.24, 2.45) is 0 Å². The Bertz CT molecular complexity index is 616. The number of halogens is 1. The van der Waals surface area contributed by atoms with E-state index >= 15 is 0 Å². The molecule has 7 heteroatoms. The minimum Gasteiger partial charge on any atom is -0.449 e. The maximum atomic E-state index is 11.9. The van der Waals surface area contributed by atoms with Gasteiger partial charge >= 0.3 is 5.97 Å². The molecule has 5 nitrogen and oxygen atoms in total. The smallest absolute Gasteiger partial charge is 0.339 e. The molecule has 0 aromatic carbocycles. The van der Waals surface area contributed by atoms with Crippen LogP contribution in [0.25, 0.3) is 0 Å². The Kier molecular flexibility index (Phi) is 4.70. The van der Waals surface area contributed by atoms with E-state index in [9.17, 15) is 9.59 Å². The van der Waals surface area contributed by atoms with Gasteiger partial charge in [0.15, 0.2) is 11.3 Å². The molecule has 2 heterocycles. The van der Waals surface area contributed by atoms with Crippen LogP contribution in [0.5, 0.6) is 0 Å². The molecule has 0 fully saturated rings. The third kappa shape index (κ3) is 3.55. The Balaban J connectivity index is 1.96. The van der Waals surface area contributed by atoms with Gasteiger partial charge in [0.2, 0.25) is 0 Å². The van der Waals surface area contributed by atoms with E-state index < -0.39 is 18.0 Å². The van der Waals surface area contributed by atoms with Gasteiger partial charge in [-0.1, -0.05) is 11.6 Å². The fraction of sp³-hybridized carbons (Fsp3) is 0.154. The zero-order valence-electron chi connectivity index (χ0n) is 10.5. The van der Waals surface area contributed by atoms with Crippen molar-refractivity contribution < 1.29 is 14.3 Å². The number of hydrogen-bond donors (Lipinski definition) is 1. The average molecular weight is 311 g/mol. The van der Waals surface area contributed by atoms with E-state index in [0.717, 1.165) is 0 Å². The van der Waals surface area contributed by atoms with Gasteiger partial charge in [0.25, 0.3) is 5.91 Å². The van der Waals surface area contributed by atoms with E-state index in [0.29, 0.717) is 11.3 Å². The predicted molar refractivity (Wildman–Crippen MR) is 77.1 cm³/mol. The van der Waals surface area contributed by atoms with Crippen molar-refractivity contribution in [3.8, 4) is 0 Å². The van der Waals surface area contributed by atoms with E-state index in [1.165, 1.54) is 24.5 Å². The third-order valence-corrected chi connectivity index (χ3v) is 3.41. The number of carbonyl (C=O) groups is 2. The molecule has 2 rings (SSSR count). The molecule has 1 atom stereocenters. The summed E-state index contributed by atoms with van der Waals surface area (Å²) >= 11 is 7.21. The van der Waals surface area contributed by atoms with E-state index in [1.54, 1.807) is 29.0 Å². The number of pyridine rings is 1. The molecule has 0 aliphatic carbocycles. The minimum atomic E-state index is -0.932. The van der Waals surface area contributed by atoms with Crippen molar-refractivity contribution in [3.63, 3.8) is 0 Å². The number of nitrogens with zero attached hydrogens (tertiary/aromatic N) is 1. The molecule has 0 bridgehead atoms. The number of esters is 1. The van der Waals surface area contributed by atoms with E-state index in [-0.39, 0.29) is 5.15 Å². The summed E-state index contributed by atoms with van der Waals surface area (Å²) in [6.45, 7) is 1.49. The van der Waals surface area contributed by atoms with Gasteiger partial charge in [-0.3, -0.25) is 4.79 Å². The van der Waals surface area contributed by atoms with Crippen LogP contribution in [-0.2, 0) is 9.53 Å². The Morgan fingerprint density at radius 1 is 1.45 bits per heavy atom. The van der Waals surface area contributed by atoms with E-state index in [2.05, 4.69) is 10.3 Å². The molecule has 0 radical (unpaired) electrons. The summed E-state index contributed by atoms with van der Waals surface area (Å²) in [5, 5.41) is 6.15. The first-order valence-electron chi connectivity index (χ1n) is 5.72. The van der Waals surface area contributed by atoms with Gasteiger partial charge in [0.1, 0.15) is 0 Å². The Morgan fingerprint density at radius 3 is 2.90 bits per heavy atom. The average Bonchev–Trinajstić information content (AvgIpc) is 2.95. The minimum absolute atomic E-state index is 0.178. The normalized spacial score (nSPS) is 11.7. The number of anilines is 1. The van der Waals surface area contributed by atoms with Crippen LogP contribution < -0.4 is 5.32 Å². The monoisotopic (exact) mass is 310 g/mol. The number of thiophene rings is 1. The summed E-state index contributed by atoms with van der Waals surface area (Å²) in [6, 6.07) is 4.89. The summed E-state index contributed by atoms with van der Waals surface area (Å²) in [4.78, 5) is 27.4. The molecule has 0 spiro atoms. The quantitative estimate of drug-likeness (QED) is 0.696. The van der Waals surface area contributed by atoms with Crippen molar-refractivity contribution in [1.29, 1.82) is 0 Å². The molecule has 2 aromatic rings. The Hall–Kier alpha value is -1.92. The van der Waals surface area contributed by atoms with Crippen molar-refractivity contribution in [2.75, 3.05) is 5.32 Å². The fourth-order valence-corrected chi connectivity index (χ4v) is 2.17. The Labute approximate surface area is 124 Å². The van der Waals surface area contributed by atoms with E-state index in [4.69, 9.17) is 16.3 Å². The molecule has 0 saturated heterocycles. The highest BCUT2D eigenvalue weighted by molar-refractivity contribution is 7.08. The standard InChI is InChI=1S/C13H11ClN2O3S/c1-8(19-13(18)9-4-6-20-7-9)12(17)16-10-3-2-5-15-11(10)14/h2-8H,1H3,(H,16,17)/t8-/m0/s1. The summed E-state index contributed by atoms with van der Waals surface area (Å²) < 4.78 is 5.06. The molecule has 2 aromatic heterocycles. The second-order valence-electron chi connectivity index (χ2n) is 3.89. The molecule has 1 amide bonds. The van der Waals surface area contributed by atoms with Gasteiger partial charge in [-0.2, -0.15) is 11.3 Å². The second kappa shape index (κ2) is 6.49. The second-order valence-corrected chi connectivity index (χ2v) is 5.03. The summed E-state index contributed by atoms with van der Waals surface area (Å²) in [5.41, 5.74) is 0.798. The van der Waals surface area contributed by atoms with Crippen LogP contribution >= 0.6 is 22.9 Å². The van der Waals surface area contributed by atoms with Crippen LogP contribution in [0, 0.1) is 0 Å². The van der Waals surface area contributed by atoms with Crippen molar-refractivity contribution in [3.05, 3.63) is 45.9 Å². The lowest BCUT2D eigenvalue weighted by Gasteiger charge is -2.13. The molecular weight excluding hydrogens is 300 g/mol. The number of rotatable bonds is 4. The lowest BCUT2D eigenvalue weighted by atomic mass is 10.3. The van der Waals surface area contributed by atoms with Gasteiger partial charge in [0, 0.05) is 11.6 Å². The molecule has 0 aliphatic heterocycles. The summed E-state index contributed by atoms with van der Waals surface area (Å²) in [6.07, 6.45) is 0.580. The largest absolute Gasteiger partial charge is 0.449 e. The number of hydrogen-bond acceptors (Lipinski definition) is 5. The van der Waals surface area contributed by atoms with Crippen LogP contribution in [0.4, 0.5) is 5.69 Å². The number of nitrogens with one attached hydrogen (secondary N) is 1. The highest BCUT2D eigenvalue weighted by Gasteiger charge is 2.20. The lowest BCUT2D eigenvalue weighted by Crippen LogP contribution is -2.30. The van der Waals surface area contributed by atoms with Crippen LogP contribution in [0.15, 0.2) is 35.2 Å². The van der Waals surface area contributed by atoms with Crippen LogP contribution in [0.1, 0.15) is 17.3 Å². The number of carbonyl (C=O) groups excluding carboxylic acids is 2. The topological polar surface area (TPSA) is 68.3 Å². The first-order chi connectivity index (χ1) is 9.58. The van der Waals surface area contributed by atoms with Gasteiger partial charge in [-0.05, 0) is 30.5 Å². The molecule has 104 valence electrons. The van der Waals surface area contributed by atoms with Crippen molar-refractivity contribution in [1.82, 2.24) is 4.98 Å². The Morgan fingerprint density at radius 2 is 2.25 bits per heavy atom. The maximum absolute atomic E-state index is 11.9. The molecule has 0 unspecified atom stereocenters. The van der Waals surface area contributed by atoms with Crippen LogP contribution in [0.3, 0.4) is 0 Å². The highest BCUT2D eigenvalue weighted by Crippen LogP contribution is 2.18. The van der Waals surface area contributed by atoms with Gasteiger partial charge in [-0.15, -0.1) is 0 Å². The first kappa shape index (κ1) is 14.5. The van der Waals surface area contributed by atoms with Gasteiger partial charge in [0.05, 0.1) is 11.3 Å². The van der Waals surface area contributed by atoms with Gasteiger partial charge in [-0.25, -0.2) is 9.78 Å². The fourth-order valence-electron chi connectivity index (χ4n) is 1.38. The lowest BCUT2D eigenvalue weighted by molar-refractivity contribution is -0.123. The first-order valence-corrected chi connectivity index (χ1v) is 7.04. The predicted octanol–water partition coefficient (Wildman–Crippen LogP) is 2.98. The summed E-state index contributed by atoms with van der Waals surface area (Å²) in [5.74, 6) is -1.00. The third-order valence-electron chi connectivity index (χ3n) is 2.43. The molecular formula is C13H11ClN2O3S. The van der Waals surface area contributed by atoms with E-state index in [1.807, 2.05) is 0 Å². The van der Waals surface area contributed by atoms with Crippen molar-refractivity contribution in [2.45, 2.75) is 13.0 Å². The number of amides is 1. The summed E-state index contributed by atoms with van der Waals surface area (Å²) in [7, 11) is 0. The van der Waals surface area contributed by atoms with Gasteiger partial charge < -0.3 is 10.1 Å². The molecule has 0 saturated carbocycles. The molecule has 0 aliphatic rings. The maximum Gasteiger partial charge on any atom is 0.339 e. The molecule has 1 N–H and O–H groups in total. The number of aromatic nitrogens is 1.